The number of aromatic nitrogens is 3. The molecule has 0 radical (unpaired) electrons. The molecule has 0 fully saturated rings. The van der Waals surface area contributed by atoms with Crippen LogP contribution >= 0.6 is 23.2 Å². The summed E-state index contributed by atoms with van der Waals surface area (Å²) in [6, 6.07) is 18.9. The Kier molecular flexibility index (Phi) is 12.0. The molecule has 254 valence electrons. The molecule has 4 N–H and O–H groups in total. The highest BCUT2D eigenvalue weighted by molar-refractivity contribution is 6.39. The molecule has 13 heteroatoms. The number of amides is 2. The van der Waals surface area contributed by atoms with Crippen LogP contribution in [0.15, 0.2) is 77.9 Å². The van der Waals surface area contributed by atoms with E-state index in [1.807, 2.05) is 60.7 Å². The van der Waals surface area contributed by atoms with Crippen molar-refractivity contribution < 1.29 is 14.3 Å². The van der Waals surface area contributed by atoms with Crippen LogP contribution in [0.25, 0.3) is 39.2 Å². The number of nitrogens with zero attached hydrogens (tertiary/aromatic N) is 3. The van der Waals surface area contributed by atoms with Gasteiger partial charge >= 0.3 is 0 Å². The molecule has 0 aliphatic carbocycles. The second-order valence-corrected chi connectivity index (χ2v) is 12.0. The Labute approximate surface area is 294 Å². The van der Waals surface area contributed by atoms with Crippen molar-refractivity contribution in [3.63, 3.8) is 0 Å². The number of carbonyl (C=O) groups excluding carboxylic acids is 2. The number of halogens is 2. The minimum atomic E-state index is -0.177. The lowest BCUT2D eigenvalue weighted by molar-refractivity contribution is -0.119. The Morgan fingerprint density at radius 3 is 2.00 bits per heavy atom. The number of nitrogens with one attached hydrogen (secondary N) is 4. The topological polar surface area (TPSA) is 139 Å². The van der Waals surface area contributed by atoms with Gasteiger partial charge in [-0.25, -0.2) is 9.97 Å². The summed E-state index contributed by atoms with van der Waals surface area (Å²) in [7, 11) is 1.57. The van der Waals surface area contributed by atoms with Crippen LogP contribution in [0.2, 0.25) is 10.0 Å². The zero-order chi connectivity index (χ0) is 34.9. The number of carbonyl (C=O) groups is 2. The number of fused-ring (bicyclic) bond motifs is 1. The van der Waals surface area contributed by atoms with Gasteiger partial charge in [0.1, 0.15) is 5.65 Å². The highest BCUT2D eigenvalue weighted by Crippen LogP contribution is 2.42. The van der Waals surface area contributed by atoms with Gasteiger partial charge in [0.25, 0.3) is 5.56 Å². The molecule has 0 aliphatic rings. The lowest BCUT2D eigenvalue weighted by Gasteiger charge is -2.15. The molecule has 5 rings (SSSR count). The molecule has 3 heterocycles. The van der Waals surface area contributed by atoms with Crippen LogP contribution in [0, 0.1) is 0 Å². The molecule has 0 unspecified atom stereocenters. The highest BCUT2D eigenvalue weighted by Gasteiger charge is 2.18. The first-order valence-electron chi connectivity index (χ1n) is 15.7. The number of ether oxygens (including phenoxy) is 1. The predicted molar refractivity (Wildman–Crippen MR) is 193 cm³/mol. The molecule has 2 amide bonds. The van der Waals surface area contributed by atoms with E-state index in [4.69, 9.17) is 32.9 Å². The molecule has 0 atom stereocenters. The molecule has 11 nitrogen and oxygen atoms in total. The first-order chi connectivity index (χ1) is 23.7. The third-order valence-electron chi connectivity index (χ3n) is 7.77. The van der Waals surface area contributed by atoms with Gasteiger partial charge in [0.05, 0.1) is 22.8 Å². The summed E-state index contributed by atoms with van der Waals surface area (Å²) in [5.41, 5.74) is 6.09. The minimum Gasteiger partial charge on any atom is -0.481 e. The maximum absolute atomic E-state index is 13.1. The van der Waals surface area contributed by atoms with Crippen LogP contribution in [-0.2, 0) is 22.7 Å². The second kappa shape index (κ2) is 16.5. The smallest absolute Gasteiger partial charge is 0.262 e. The van der Waals surface area contributed by atoms with Crippen molar-refractivity contribution in [3.8, 4) is 39.4 Å². The summed E-state index contributed by atoms with van der Waals surface area (Å²) < 4.78 is 7.09. The fourth-order valence-electron chi connectivity index (χ4n) is 5.33. The van der Waals surface area contributed by atoms with E-state index in [2.05, 4.69) is 26.3 Å². The number of hydrogen-bond acceptors (Lipinski definition) is 8. The molecule has 0 saturated heterocycles. The summed E-state index contributed by atoms with van der Waals surface area (Å²) in [5, 5.41) is 12.9. The van der Waals surface area contributed by atoms with Crippen molar-refractivity contribution in [1.82, 2.24) is 35.6 Å². The fraction of sp³-hybridized carbons (Fsp3) is 0.250. The van der Waals surface area contributed by atoms with Gasteiger partial charge in [-0.1, -0.05) is 65.7 Å². The molecule has 2 aromatic carbocycles. The minimum absolute atomic E-state index is 0.0712. The SMILES string of the molecule is COc1nc(-c2cccc(-c3cccc(-c4ccn5c(=O)c(CNCCNC(C)=O)cnc5c4)c3Cl)c2Cl)ccc1CNCCNC(C)=O. The van der Waals surface area contributed by atoms with Gasteiger partial charge in [0.15, 0.2) is 0 Å². The Morgan fingerprint density at radius 1 is 0.776 bits per heavy atom. The average Bonchev–Trinajstić information content (AvgIpc) is 3.09. The molecule has 5 aromatic rings. The monoisotopic (exact) mass is 701 g/mol. The van der Waals surface area contributed by atoms with E-state index < -0.39 is 0 Å². The number of pyridine rings is 2. The van der Waals surface area contributed by atoms with Gasteiger partial charge in [0, 0.05) is 98.9 Å². The average molecular weight is 703 g/mol. The van der Waals surface area contributed by atoms with Gasteiger partial charge in [-0.15, -0.1) is 0 Å². The van der Waals surface area contributed by atoms with E-state index in [0.29, 0.717) is 72.1 Å². The first kappa shape index (κ1) is 35.5. The van der Waals surface area contributed by atoms with E-state index in [-0.39, 0.29) is 17.4 Å². The van der Waals surface area contributed by atoms with Crippen molar-refractivity contribution in [2.24, 2.45) is 0 Å². The van der Waals surface area contributed by atoms with Gasteiger partial charge in [-0.05, 0) is 23.8 Å². The lowest BCUT2D eigenvalue weighted by Crippen LogP contribution is -2.31. The van der Waals surface area contributed by atoms with E-state index in [0.717, 1.165) is 33.4 Å². The van der Waals surface area contributed by atoms with Crippen molar-refractivity contribution in [2.45, 2.75) is 26.9 Å². The molecular weight excluding hydrogens is 665 g/mol. The predicted octanol–water partition coefficient (Wildman–Crippen LogP) is 4.86. The number of methoxy groups -OCH3 is 1. The van der Waals surface area contributed by atoms with Crippen LogP contribution in [0.3, 0.4) is 0 Å². The van der Waals surface area contributed by atoms with Crippen molar-refractivity contribution in [1.29, 1.82) is 0 Å². The second-order valence-electron chi connectivity index (χ2n) is 11.3. The maximum atomic E-state index is 13.1. The summed E-state index contributed by atoms with van der Waals surface area (Å²) >= 11 is 14.1. The maximum Gasteiger partial charge on any atom is 0.262 e. The molecule has 0 aliphatic heterocycles. The van der Waals surface area contributed by atoms with E-state index in [1.165, 1.54) is 18.2 Å². The zero-order valence-electron chi connectivity index (χ0n) is 27.4. The number of hydrogen-bond donors (Lipinski definition) is 4. The largest absolute Gasteiger partial charge is 0.481 e. The fourth-order valence-corrected chi connectivity index (χ4v) is 5.99. The van der Waals surface area contributed by atoms with E-state index in [9.17, 15) is 14.4 Å². The Bertz CT molecular complexity index is 2050. The lowest BCUT2D eigenvalue weighted by atomic mass is 9.97. The van der Waals surface area contributed by atoms with Crippen molar-refractivity contribution in [3.05, 3.63) is 105 Å². The molecule has 0 bridgehead atoms. The van der Waals surface area contributed by atoms with Gasteiger partial charge < -0.3 is 26.0 Å². The van der Waals surface area contributed by atoms with Gasteiger partial charge in [0.2, 0.25) is 17.7 Å². The number of rotatable bonds is 14. The summed E-state index contributed by atoms with van der Waals surface area (Å²) in [6.07, 6.45) is 3.26. The third kappa shape index (κ3) is 8.62. The third-order valence-corrected chi connectivity index (χ3v) is 8.58. The van der Waals surface area contributed by atoms with Crippen LogP contribution in [0.4, 0.5) is 0 Å². The molecule has 49 heavy (non-hydrogen) atoms. The van der Waals surface area contributed by atoms with E-state index >= 15 is 0 Å². The number of benzene rings is 2. The quantitative estimate of drug-likeness (QED) is 0.121. The van der Waals surface area contributed by atoms with Crippen LogP contribution in [0.5, 0.6) is 5.88 Å². The van der Waals surface area contributed by atoms with Gasteiger partial charge in [-0.3, -0.25) is 18.8 Å². The summed E-state index contributed by atoms with van der Waals surface area (Å²) in [5.74, 6) is 0.299. The Balaban J connectivity index is 1.38. The highest BCUT2D eigenvalue weighted by atomic mass is 35.5. The molecular formula is C36H37Cl2N7O4. The Hall–Kier alpha value is -4.81. The van der Waals surface area contributed by atoms with Crippen molar-refractivity contribution in [2.75, 3.05) is 33.3 Å². The molecule has 0 saturated carbocycles. The molecule has 0 spiro atoms. The van der Waals surface area contributed by atoms with E-state index in [1.54, 1.807) is 19.5 Å². The standard InChI is InChI=1S/C36H37Cl2N7O4/c1-22(46)41-15-13-39-19-25-10-11-31(44-35(25)49-3)30-9-5-8-29(34(30)38)28-7-4-6-27(33(28)37)24-12-17-45-32(18-24)43-21-26(36(45)48)20-40-14-16-42-23(2)47/h4-12,17-18,21,39-40H,13-16,19-20H2,1-3H3,(H,41,46)(H,42,47). The summed E-state index contributed by atoms with van der Waals surface area (Å²) in [6.45, 7) is 5.92. The van der Waals surface area contributed by atoms with Crippen LogP contribution in [-0.4, -0.2) is 59.5 Å². The van der Waals surface area contributed by atoms with Crippen LogP contribution in [0.1, 0.15) is 25.0 Å². The molecule has 3 aromatic heterocycles. The normalized spacial score (nSPS) is 11.0. The zero-order valence-corrected chi connectivity index (χ0v) is 28.9. The van der Waals surface area contributed by atoms with Crippen LogP contribution < -0.4 is 31.6 Å². The van der Waals surface area contributed by atoms with Crippen molar-refractivity contribution >= 4 is 40.7 Å². The van der Waals surface area contributed by atoms with Gasteiger partial charge in [-0.2, -0.15) is 0 Å². The summed E-state index contributed by atoms with van der Waals surface area (Å²) in [4.78, 5) is 44.6. The Morgan fingerprint density at radius 2 is 1.37 bits per heavy atom. The first-order valence-corrected chi connectivity index (χ1v) is 16.5.